The van der Waals surface area contributed by atoms with Gasteiger partial charge in [0.25, 0.3) is 0 Å². The van der Waals surface area contributed by atoms with E-state index in [1.807, 2.05) is 0 Å². The maximum atomic E-state index is 8.33. The number of carboxylic acid groups (broad SMARTS) is 4. The van der Waals surface area contributed by atoms with Crippen molar-refractivity contribution in [3.63, 3.8) is 0 Å². The van der Waals surface area contributed by atoms with Crippen LogP contribution in [0.5, 0.6) is 0 Å². The zero-order chi connectivity index (χ0) is 7.15. The molecular weight excluding hydrogens is 182 g/mol. The molecule has 0 aromatic rings. The van der Waals surface area contributed by atoms with Crippen LogP contribution >= 0.6 is 0 Å². The Kier molecular flexibility index (Phi) is 37.4. The van der Waals surface area contributed by atoms with E-state index in [-0.39, 0.29) is 80.9 Å². The second kappa shape index (κ2) is 16.6. The zero-order valence-corrected chi connectivity index (χ0v) is 10.6. The van der Waals surface area contributed by atoms with Crippen molar-refractivity contribution in [2.75, 3.05) is 0 Å². The molecule has 0 spiro atoms. The second-order valence-electron chi connectivity index (χ2n) is 0.500. The molecule has 48 valence electrons. The van der Waals surface area contributed by atoms with Gasteiger partial charge in [0, 0.05) is 0 Å². The van der Waals surface area contributed by atoms with Crippen molar-refractivity contribution in [2.24, 2.45) is 0 Å². The van der Waals surface area contributed by atoms with Crippen LogP contribution < -0.4 is 101 Å². The molecule has 0 atom stereocenters. The Morgan fingerprint density at radius 1 is 0.800 bits per heavy atom. The molecule has 0 rings (SSSR count). The molecule has 0 aliphatic heterocycles. The molecule has 0 aromatic heterocycles. The summed E-state index contributed by atoms with van der Waals surface area (Å²) in [4.78, 5) is 16.7. The Morgan fingerprint density at radius 3 is 0.800 bits per heavy atom. The fraction of sp³-hybridized carbons (Fsp3) is 0. The SMILES string of the molecule is O=C([O-])[O-].O=C([O-])[O-].[K+].[Na+]. The molecule has 0 aliphatic carbocycles. The van der Waals surface area contributed by atoms with Crippen LogP contribution in [0.25, 0.3) is 0 Å². The summed E-state index contributed by atoms with van der Waals surface area (Å²) < 4.78 is 0. The van der Waals surface area contributed by atoms with Crippen LogP contribution in [0, 0.1) is 0 Å². The van der Waals surface area contributed by atoms with Crippen LogP contribution in [0.15, 0.2) is 0 Å². The third kappa shape index (κ3) is 443. The van der Waals surface area contributed by atoms with E-state index in [2.05, 4.69) is 0 Å². The molecule has 0 fully saturated rings. The third-order valence-electron chi connectivity index (χ3n) is 0. The molecule has 0 aromatic carbocycles. The van der Waals surface area contributed by atoms with Gasteiger partial charge in [-0.2, -0.15) is 0 Å². The van der Waals surface area contributed by atoms with Crippen molar-refractivity contribution < 1.29 is 111 Å². The fourth-order valence-electron chi connectivity index (χ4n) is 0. The minimum atomic E-state index is -2.33. The largest absolute Gasteiger partial charge is 1.00 e. The Bertz CT molecular complexity index is 73.7. The Labute approximate surface area is 121 Å². The van der Waals surface area contributed by atoms with E-state index in [1.54, 1.807) is 0 Å². The van der Waals surface area contributed by atoms with Crippen LogP contribution in [-0.4, -0.2) is 12.3 Å². The minimum absolute atomic E-state index is 0. The monoisotopic (exact) mass is 182 g/mol. The normalized spacial score (nSPS) is 4.80. The fourth-order valence-corrected chi connectivity index (χ4v) is 0. The molecular formula is C2KNaO6-2. The maximum Gasteiger partial charge on any atom is 1.00 e. The Balaban J connectivity index is -0.0000000300. The van der Waals surface area contributed by atoms with E-state index in [0.29, 0.717) is 0 Å². The van der Waals surface area contributed by atoms with Gasteiger partial charge < -0.3 is 30.0 Å². The van der Waals surface area contributed by atoms with E-state index >= 15 is 0 Å². The third-order valence-corrected chi connectivity index (χ3v) is 0. The van der Waals surface area contributed by atoms with Crippen LogP contribution in [-0.2, 0) is 0 Å². The van der Waals surface area contributed by atoms with Gasteiger partial charge in [0.1, 0.15) is 0 Å². The van der Waals surface area contributed by atoms with Crippen molar-refractivity contribution >= 4 is 12.3 Å². The number of hydrogen-bond acceptors (Lipinski definition) is 6. The van der Waals surface area contributed by atoms with Gasteiger partial charge in [-0.3, -0.25) is 0 Å². The van der Waals surface area contributed by atoms with Crippen LogP contribution in [0.3, 0.4) is 0 Å². The maximum absolute atomic E-state index is 8.33. The average Bonchev–Trinajstić information content (AvgIpc) is 1.25. The summed E-state index contributed by atoms with van der Waals surface area (Å²) in [5.74, 6) is 0. The molecule has 0 saturated carbocycles. The van der Waals surface area contributed by atoms with E-state index < -0.39 is 12.3 Å². The molecule has 10 heavy (non-hydrogen) atoms. The predicted octanol–water partition coefficient (Wildman–Crippen LogP) is -10.9. The van der Waals surface area contributed by atoms with Gasteiger partial charge in [-0.1, -0.05) is 0 Å². The summed E-state index contributed by atoms with van der Waals surface area (Å²) in [5.41, 5.74) is 0. The smallest absolute Gasteiger partial charge is 0.652 e. The number of hydrogen-bond donors (Lipinski definition) is 0. The van der Waals surface area contributed by atoms with Crippen LogP contribution in [0.2, 0.25) is 0 Å². The van der Waals surface area contributed by atoms with Crippen LogP contribution in [0.4, 0.5) is 9.59 Å². The van der Waals surface area contributed by atoms with Gasteiger partial charge in [-0.05, 0) is 12.3 Å². The first-order valence-electron chi connectivity index (χ1n) is 1.22. The first kappa shape index (κ1) is 22.5. The van der Waals surface area contributed by atoms with E-state index in [9.17, 15) is 0 Å². The van der Waals surface area contributed by atoms with Gasteiger partial charge in [0.2, 0.25) is 0 Å². The first-order chi connectivity index (χ1) is 3.46. The molecule has 0 radical (unpaired) electrons. The molecule has 0 aliphatic rings. The van der Waals surface area contributed by atoms with E-state index in [1.165, 1.54) is 0 Å². The van der Waals surface area contributed by atoms with Crippen molar-refractivity contribution in [1.29, 1.82) is 0 Å². The summed E-state index contributed by atoms with van der Waals surface area (Å²) in [6, 6.07) is 0. The van der Waals surface area contributed by atoms with Crippen molar-refractivity contribution in [3.8, 4) is 0 Å². The predicted molar refractivity (Wildman–Crippen MR) is 10.8 cm³/mol. The zero-order valence-electron chi connectivity index (χ0n) is 5.45. The van der Waals surface area contributed by atoms with Gasteiger partial charge >= 0.3 is 80.9 Å². The summed E-state index contributed by atoms with van der Waals surface area (Å²) in [7, 11) is 0. The number of carbonyl (C=O) groups excluding carboxylic acids is 2. The van der Waals surface area contributed by atoms with Crippen molar-refractivity contribution in [2.45, 2.75) is 0 Å². The molecule has 6 nitrogen and oxygen atoms in total. The van der Waals surface area contributed by atoms with Gasteiger partial charge in [0.05, 0.1) is 0 Å². The quantitative estimate of drug-likeness (QED) is 0.342. The van der Waals surface area contributed by atoms with Crippen molar-refractivity contribution in [3.05, 3.63) is 0 Å². The standard InChI is InChI=1S/2CH2O3.K.Na/c2*2-1(3)4;;/h2*(H2,2,3,4);;/q;;2*+1/p-4. The average molecular weight is 182 g/mol. The summed E-state index contributed by atoms with van der Waals surface area (Å²) in [6.45, 7) is 0. The molecule has 8 heteroatoms. The topological polar surface area (TPSA) is 126 Å². The summed E-state index contributed by atoms with van der Waals surface area (Å²) >= 11 is 0. The number of rotatable bonds is 0. The first-order valence-corrected chi connectivity index (χ1v) is 1.22. The summed E-state index contributed by atoms with van der Waals surface area (Å²) in [6.07, 6.45) is -4.67. The van der Waals surface area contributed by atoms with E-state index in [4.69, 9.17) is 30.0 Å². The summed E-state index contributed by atoms with van der Waals surface area (Å²) in [5, 5.41) is 33.3. The molecule has 0 saturated heterocycles. The number of carbonyl (C=O) groups is 2. The van der Waals surface area contributed by atoms with E-state index in [0.717, 1.165) is 0 Å². The minimum Gasteiger partial charge on any atom is -0.652 e. The van der Waals surface area contributed by atoms with Gasteiger partial charge in [-0.15, -0.1) is 0 Å². The molecule has 0 heterocycles. The van der Waals surface area contributed by atoms with Crippen molar-refractivity contribution in [1.82, 2.24) is 0 Å². The van der Waals surface area contributed by atoms with Gasteiger partial charge in [0.15, 0.2) is 0 Å². The Hall–Kier alpha value is 1.18. The second-order valence-corrected chi connectivity index (χ2v) is 0.500. The Morgan fingerprint density at radius 2 is 0.800 bits per heavy atom. The molecule has 0 amide bonds. The molecule has 0 bridgehead atoms. The van der Waals surface area contributed by atoms with Gasteiger partial charge in [-0.25, -0.2) is 0 Å². The molecule has 0 unspecified atom stereocenters. The molecule has 0 N–H and O–H groups in total. The van der Waals surface area contributed by atoms with Crippen LogP contribution in [0.1, 0.15) is 0 Å².